The number of fused-ring (bicyclic) bond motifs is 6. The highest BCUT2D eigenvalue weighted by atomic mass is 32.1. The minimum absolute atomic E-state index is 0.0518. The summed E-state index contributed by atoms with van der Waals surface area (Å²) in [7, 11) is 0. The summed E-state index contributed by atoms with van der Waals surface area (Å²) < 4.78 is 8.41. The highest BCUT2D eigenvalue weighted by Crippen LogP contribution is 2.43. The molecule has 142 valence electrons. The first-order valence-electron chi connectivity index (χ1n) is 9.56. The van der Waals surface area contributed by atoms with Crippen molar-refractivity contribution in [2.24, 2.45) is 0 Å². The first-order chi connectivity index (χ1) is 14.0. The van der Waals surface area contributed by atoms with Gasteiger partial charge in [0.1, 0.15) is 16.7 Å². The third-order valence-electron chi connectivity index (χ3n) is 5.49. The van der Waals surface area contributed by atoms with E-state index in [1.54, 1.807) is 23.9 Å². The Morgan fingerprint density at radius 1 is 0.931 bits per heavy atom. The van der Waals surface area contributed by atoms with Crippen LogP contribution in [0.2, 0.25) is 0 Å². The fraction of sp³-hybridized carbons (Fsp3) is 0.167. The van der Waals surface area contributed by atoms with E-state index in [1.807, 2.05) is 17.4 Å². The van der Waals surface area contributed by atoms with E-state index in [1.165, 1.54) is 20.3 Å². The van der Waals surface area contributed by atoms with Crippen molar-refractivity contribution in [1.82, 2.24) is 9.97 Å². The minimum Gasteiger partial charge on any atom is -0.464 e. The van der Waals surface area contributed by atoms with E-state index in [-0.39, 0.29) is 5.41 Å². The maximum Gasteiger partial charge on any atom is 0.143 e. The van der Waals surface area contributed by atoms with Crippen molar-refractivity contribution in [3.63, 3.8) is 0 Å². The van der Waals surface area contributed by atoms with E-state index in [0.29, 0.717) is 0 Å². The van der Waals surface area contributed by atoms with Crippen LogP contribution in [-0.2, 0) is 5.41 Å². The molecule has 0 bridgehead atoms. The summed E-state index contributed by atoms with van der Waals surface area (Å²) >= 11 is 3.50. The van der Waals surface area contributed by atoms with Crippen LogP contribution in [0.1, 0.15) is 26.3 Å². The maximum absolute atomic E-state index is 5.88. The van der Waals surface area contributed by atoms with Crippen molar-refractivity contribution in [2.75, 3.05) is 0 Å². The highest BCUT2D eigenvalue weighted by Gasteiger charge is 2.22. The Kier molecular flexibility index (Phi) is 3.47. The number of hydrogen-bond acceptors (Lipinski definition) is 5. The van der Waals surface area contributed by atoms with Gasteiger partial charge in [-0.15, -0.1) is 22.7 Å². The normalized spacial score (nSPS) is 12.7. The molecule has 0 fully saturated rings. The van der Waals surface area contributed by atoms with Crippen molar-refractivity contribution < 1.29 is 4.42 Å². The fourth-order valence-electron chi connectivity index (χ4n) is 4.11. The molecular formula is C24H18N2OS2. The lowest BCUT2D eigenvalue weighted by atomic mass is 9.85. The van der Waals surface area contributed by atoms with Gasteiger partial charge >= 0.3 is 0 Å². The third-order valence-corrected chi connectivity index (χ3v) is 7.51. The Morgan fingerprint density at radius 3 is 2.69 bits per heavy atom. The largest absolute Gasteiger partial charge is 0.464 e. The van der Waals surface area contributed by atoms with Gasteiger partial charge in [0, 0.05) is 31.1 Å². The maximum atomic E-state index is 5.88. The van der Waals surface area contributed by atoms with E-state index in [0.717, 1.165) is 37.8 Å². The molecule has 5 heteroatoms. The molecule has 0 spiro atoms. The predicted octanol–water partition coefficient (Wildman–Crippen LogP) is 7.77. The zero-order valence-electron chi connectivity index (χ0n) is 16.3. The molecule has 0 aliphatic rings. The summed E-state index contributed by atoms with van der Waals surface area (Å²) in [6.45, 7) is 6.81. The molecule has 4 aromatic heterocycles. The van der Waals surface area contributed by atoms with E-state index < -0.39 is 0 Å². The Hall–Kier alpha value is -2.76. The first-order valence-corrected chi connectivity index (χ1v) is 11.3. The molecule has 29 heavy (non-hydrogen) atoms. The summed E-state index contributed by atoms with van der Waals surface area (Å²) in [5, 5.41) is 6.75. The van der Waals surface area contributed by atoms with E-state index in [9.17, 15) is 0 Å². The first kappa shape index (κ1) is 17.1. The second kappa shape index (κ2) is 5.88. The van der Waals surface area contributed by atoms with Gasteiger partial charge in [-0.2, -0.15) is 0 Å². The molecule has 3 nitrogen and oxygen atoms in total. The molecule has 0 saturated heterocycles. The van der Waals surface area contributed by atoms with Gasteiger partial charge in [0.2, 0.25) is 0 Å². The van der Waals surface area contributed by atoms with Crippen LogP contribution in [0.4, 0.5) is 0 Å². The second-order valence-corrected chi connectivity index (χ2v) is 10.3. The summed E-state index contributed by atoms with van der Waals surface area (Å²) in [4.78, 5) is 10.3. The zero-order valence-corrected chi connectivity index (χ0v) is 17.9. The molecule has 0 unspecified atom stereocenters. The lowest BCUT2D eigenvalue weighted by Gasteiger charge is -2.21. The number of hydrogen-bond donors (Lipinski definition) is 0. The number of thiophene rings is 2. The van der Waals surface area contributed by atoms with Gasteiger partial charge in [-0.3, -0.25) is 0 Å². The molecule has 2 aromatic carbocycles. The van der Waals surface area contributed by atoms with Crippen molar-refractivity contribution in [3.8, 4) is 11.3 Å². The summed E-state index contributed by atoms with van der Waals surface area (Å²) in [6.07, 6.45) is 3.44. The molecule has 0 saturated carbocycles. The van der Waals surface area contributed by atoms with E-state index in [2.05, 4.69) is 61.5 Å². The Balaban J connectivity index is 1.76. The van der Waals surface area contributed by atoms with Gasteiger partial charge in [-0.1, -0.05) is 20.8 Å². The van der Waals surface area contributed by atoms with Crippen LogP contribution < -0.4 is 0 Å². The lowest BCUT2D eigenvalue weighted by molar-refractivity contribution is 0.597. The highest BCUT2D eigenvalue weighted by molar-refractivity contribution is 7.25. The topological polar surface area (TPSA) is 38.9 Å². The molecule has 0 aliphatic carbocycles. The molecule has 0 aliphatic heterocycles. The Labute approximate surface area is 175 Å². The quantitative estimate of drug-likeness (QED) is 0.276. The molecular weight excluding hydrogens is 396 g/mol. The molecule has 6 rings (SSSR count). The average molecular weight is 415 g/mol. The van der Waals surface area contributed by atoms with Gasteiger partial charge in [-0.25, -0.2) is 9.97 Å². The number of rotatable bonds is 1. The standard InChI is InChI=1S/C24H18N2OS2/c1-24(2,3)16-11-15(10-14-7-9-28-22(14)16)20-19-18-17(29-23(19)26-12-25-20)5-4-13-6-8-27-21(13)18/h4-12H,1-3H3. The number of furan rings is 1. The van der Waals surface area contributed by atoms with Crippen molar-refractivity contribution in [2.45, 2.75) is 26.2 Å². The summed E-state index contributed by atoms with van der Waals surface area (Å²) in [5.41, 5.74) is 4.43. The number of aromatic nitrogens is 2. The van der Waals surface area contributed by atoms with Crippen LogP contribution >= 0.6 is 22.7 Å². The predicted molar refractivity (Wildman–Crippen MR) is 124 cm³/mol. The lowest BCUT2D eigenvalue weighted by Crippen LogP contribution is -2.11. The van der Waals surface area contributed by atoms with Crippen molar-refractivity contribution in [1.29, 1.82) is 0 Å². The van der Waals surface area contributed by atoms with Crippen LogP contribution in [0.5, 0.6) is 0 Å². The number of nitrogens with zero attached hydrogens (tertiary/aromatic N) is 2. The second-order valence-electron chi connectivity index (χ2n) is 8.39. The van der Waals surface area contributed by atoms with Crippen LogP contribution in [0.3, 0.4) is 0 Å². The fourth-order valence-corrected chi connectivity index (χ4v) is 6.25. The third kappa shape index (κ3) is 2.47. The van der Waals surface area contributed by atoms with Gasteiger partial charge < -0.3 is 4.42 Å². The minimum atomic E-state index is 0.0518. The van der Waals surface area contributed by atoms with Crippen molar-refractivity contribution in [3.05, 3.63) is 59.9 Å². The summed E-state index contributed by atoms with van der Waals surface area (Å²) in [5.74, 6) is 0. The Morgan fingerprint density at radius 2 is 1.83 bits per heavy atom. The van der Waals surface area contributed by atoms with Crippen LogP contribution in [-0.4, -0.2) is 9.97 Å². The van der Waals surface area contributed by atoms with E-state index in [4.69, 9.17) is 9.40 Å². The molecule has 4 heterocycles. The van der Waals surface area contributed by atoms with Crippen LogP contribution in [0.15, 0.2) is 58.8 Å². The molecule has 0 N–H and O–H groups in total. The van der Waals surface area contributed by atoms with Crippen LogP contribution in [0.25, 0.3) is 52.6 Å². The molecule has 6 aromatic rings. The average Bonchev–Trinajstić information content (AvgIpc) is 3.41. The van der Waals surface area contributed by atoms with Gasteiger partial charge in [0.25, 0.3) is 0 Å². The van der Waals surface area contributed by atoms with Gasteiger partial charge in [0.05, 0.1) is 12.0 Å². The monoisotopic (exact) mass is 414 g/mol. The molecule has 0 radical (unpaired) electrons. The van der Waals surface area contributed by atoms with Crippen molar-refractivity contribution >= 4 is 64.0 Å². The molecule has 0 amide bonds. The van der Waals surface area contributed by atoms with Gasteiger partial charge in [0.15, 0.2) is 0 Å². The smallest absolute Gasteiger partial charge is 0.143 e. The van der Waals surface area contributed by atoms with Crippen LogP contribution in [0, 0.1) is 0 Å². The molecule has 0 atom stereocenters. The SMILES string of the molecule is CC(C)(C)c1cc(-c2ncnc3sc4ccc5ccoc5c4c23)cc2ccsc12. The zero-order chi connectivity index (χ0) is 19.8. The van der Waals surface area contributed by atoms with E-state index >= 15 is 0 Å². The Bertz CT molecular complexity index is 1550. The summed E-state index contributed by atoms with van der Waals surface area (Å²) in [6, 6.07) is 13.1. The van der Waals surface area contributed by atoms with Gasteiger partial charge in [-0.05, 0) is 58.1 Å². The number of benzene rings is 2.